The number of nitrogens with zero attached hydrogens (tertiary/aromatic N) is 3. The summed E-state index contributed by atoms with van der Waals surface area (Å²) < 4.78 is 10.6. The molecule has 3 aromatic rings. The summed E-state index contributed by atoms with van der Waals surface area (Å²) in [4.78, 5) is 20.6. The molecule has 140 valence electrons. The van der Waals surface area contributed by atoms with E-state index in [1.165, 1.54) is 12.1 Å². The van der Waals surface area contributed by atoms with E-state index in [0.29, 0.717) is 39.0 Å². The Hall–Kier alpha value is -3.20. The Labute approximate surface area is 160 Å². The molecule has 0 spiro atoms. The van der Waals surface area contributed by atoms with Gasteiger partial charge in [0.05, 0.1) is 40.7 Å². The molecule has 2 aromatic carbocycles. The van der Waals surface area contributed by atoms with E-state index in [0.717, 1.165) is 5.52 Å². The van der Waals surface area contributed by atoms with Gasteiger partial charge in [0.2, 0.25) is 0 Å². The highest BCUT2D eigenvalue weighted by molar-refractivity contribution is 7.81. The largest absolute Gasteiger partial charge is 0.493 e. The maximum Gasteiger partial charge on any atom is 0.271 e. The van der Waals surface area contributed by atoms with Gasteiger partial charge < -0.3 is 19.4 Å². The third-order valence-corrected chi connectivity index (χ3v) is 4.53. The van der Waals surface area contributed by atoms with E-state index in [1.54, 1.807) is 51.4 Å². The van der Waals surface area contributed by atoms with Crippen molar-refractivity contribution in [2.24, 2.45) is 0 Å². The number of aromatic amines is 1. The molecule has 0 fully saturated rings. The van der Waals surface area contributed by atoms with Crippen molar-refractivity contribution in [2.75, 3.05) is 33.2 Å². The number of ether oxygens (including phenoxy) is 2. The number of imidazole rings is 1. The van der Waals surface area contributed by atoms with Crippen LogP contribution in [0.15, 0.2) is 30.3 Å². The summed E-state index contributed by atoms with van der Waals surface area (Å²) in [6.45, 7) is 0. The predicted octanol–water partition coefficient (Wildman–Crippen LogP) is 3.32. The van der Waals surface area contributed by atoms with E-state index in [9.17, 15) is 10.1 Å². The molecule has 0 unspecified atom stereocenters. The van der Waals surface area contributed by atoms with Gasteiger partial charge in [0.15, 0.2) is 11.5 Å². The van der Waals surface area contributed by atoms with Gasteiger partial charge in [-0.25, -0.2) is 4.98 Å². The SMILES string of the molecule is COc1cc2nc(C(=S)c3ccc([N+](=O)[O-])cc3N(C)C)[nH]c2cc1OC. The molecule has 0 saturated carbocycles. The van der Waals surface area contributed by atoms with Crippen LogP contribution in [0.2, 0.25) is 0 Å². The molecule has 0 bridgehead atoms. The zero-order valence-corrected chi connectivity index (χ0v) is 16.1. The van der Waals surface area contributed by atoms with Gasteiger partial charge in [-0.2, -0.15) is 0 Å². The summed E-state index contributed by atoms with van der Waals surface area (Å²) >= 11 is 5.61. The molecule has 0 aliphatic rings. The second-order valence-electron chi connectivity index (χ2n) is 5.99. The van der Waals surface area contributed by atoms with E-state index in [4.69, 9.17) is 21.7 Å². The number of aromatic nitrogens is 2. The maximum absolute atomic E-state index is 11.1. The predicted molar refractivity (Wildman–Crippen MR) is 107 cm³/mol. The highest BCUT2D eigenvalue weighted by Gasteiger charge is 2.19. The van der Waals surface area contributed by atoms with Crippen LogP contribution in [0.25, 0.3) is 11.0 Å². The lowest BCUT2D eigenvalue weighted by atomic mass is 10.1. The standard InChI is InChI=1S/C18H18N4O4S/c1-21(2)14-7-10(22(23)24)5-6-11(14)17(27)18-19-12-8-15(25-3)16(26-4)9-13(12)20-18/h5-9H,1-4H3,(H,19,20). The molecule has 3 rings (SSSR count). The number of anilines is 1. The van der Waals surface area contributed by atoms with Crippen molar-refractivity contribution in [1.29, 1.82) is 0 Å². The van der Waals surface area contributed by atoms with Crippen LogP contribution < -0.4 is 14.4 Å². The van der Waals surface area contributed by atoms with Gasteiger partial charge in [-0.1, -0.05) is 12.2 Å². The number of thiocarbonyl (C=S) groups is 1. The monoisotopic (exact) mass is 386 g/mol. The molecule has 8 nitrogen and oxygen atoms in total. The number of benzene rings is 2. The van der Waals surface area contributed by atoms with Crippen LogP contribution >= 0.6 is 12.2 Å². The van der Waals surface area contributed by atoms with Gasteiger partial charge in [0.25, 0.3) is 5.69 Å². The van der Waals surface area contributed by atoms with E-state index >= 15 is 0 Å². The summed E-state index contributed by atoms with van der Waals surface area (Å²) in [7, 11) is 6.73. The minimum absolute atomic E-state index is 0.00401. The number of rotatable bonds is 6. The van der Waals surface area contributed by atoms with Crippen LogP contribution in [0, 0.1) is 10.1 Å². The van der Waals surface area contributed by atoms with E-state index < -0.39 is 4.92 Å². The van der Waals surface area contributed by atoms with Crippen molar-refractivity contribution in [1.82, 2.24) is 9.97 Å². The summed E-state index contributed by atoms with van der Waals surface area (Å²) in [5, 5.41) is 11.1. The van der Waals surface area contributed by atoms with Crippen LogP contribution in [0.3, 0.4) is 0 Å². The van der Waals surface area contributed by atoms with E-state index in [-0.39, 0.29) is 5.69 Å². The summed E-state index contributed by atoms with van der Waals surface area (Å²) in [5.74, 6) is 1.64. The minimum Gasteiger partial charge on any atom is -0.493 e. The third-order valence-electron chi connectivity index (χ3n) is 4.12. The Balaban J connectivity index is 2.09. The van der Waals surface area contributed by atoms with Gasteiger partial charge >= 0.3 is 0 Å². The number of fused-ring (bicyclic) bond motifs is 1. The fourth-order valence-corrected chi connectivity index (χ4v) is 3.04. The average molecular weight is 386 g/mol. The molecule has 0 saturated heterocycles. The van der Waals surface area contributed by atoms with E-state index in [2.05, 4.69) is 9.97 Å². The molecule has 1 N–H and O–H groups in total. The summed E-state index contributed by atoms with van der Waals surface area (Å²) in [5.41, 5.74) is 2.75. The lowest BCUT2D eigenvalue weighted by Crippen LogP contribution is -2.15. The summed E-state index contributed by atoms with van der Waals surface area (Å²) in [6, 6.07) is 8.12. The molecule has 0 amide bonds. The Kier molecular flexibility index (Phi) is 4.95. The van der Waals surface area contributed by atoms with Gasteiger partial charge in [0, 0.05) is 43.9 Å². The highest BCUT2D eigenvalue weighted by atomic mass is 32.1. The van der Waals surface area contributed by atoms with Crippen LogP contribution in [0.1, 0.15) is 11.4 Å². The van der Waals surface area contributed by atoms with Crippen molar-refractivity contribution in [3.63, 3.8) is 0 Å². The fourth-order valence-electron chi connectivity index (χ4n) is 2.77. The Morgan fingerprint density at radius 1 is 1.19 bits per heavy atom. The Morgan fingerprint density at radius 2 is 1.85 bits per heavy atom. The van der Waals surface area contributed by atoms with Crippen molar-refractivity contribution < 1.29 is 14.4 Å². The number of non-ortho nitro benzene ring substituents is 1. The van der Waals surface area contributed by atoms with Crippen LogP contribution in [-0.2, 0) is 0 Å². The second kappa shape index (κ2) is 7.20. The molecule has 9 heteroatoms. The van der Waals surface area contributed by atoms with Crippen molar-refractivity contribution in [3.8, 4) is 11.5 Å². The fraction of sp³-hybridized carbons (Fsp3) is 0.222. The lowest BCUT2D eigenvalue weighted by Gasteiger charge is -2.17. The minimum atomic E-state index is -0.431. The molecule has 0 radical (unpaired) electrons. The van der Waals surface area contributed by atoms with Gasteiger partial charge in [-0.3, -0.25) is 10.1 Å². The van der Waals surface area contributed by atoms with Crippen molar-refractivity contribution in [3.05, 3.63) is 51.8 Å². The number of H-pyrrole nitrogens is 1. The Morgan fingerprint density at radius 3 is 2.44 bits per heavy atom. The van der Waals surface area contributed by atoms with E-state index in [1.807, 2.05) is 0 Å². The van der Waals surface area contributed by atoms with Gasteiger partial charge in [-0.05, 0) is 6.07 Å². The number of nitro benzene ring substituents is 1. The molecule has 0 atom stereocenters. The third kappa shape index (κ3) is 3.41. The zero-order chi connectivity index (χ0) is 19.7. The normalized spacial score (nSPS) is 10.7. The van der Waals surface area contributed by atoms with Gasteiger partial charge in [0.1, 0.15) is 5.82 Å². The number of hydrogen-bond acceptors (Lipinski definition) is 7. The average Bonchev–Trinajstić information content (AvgIpc) is 3.08. The first kappa shape index (κ1) is 18.6. The lowest BCUT2D eigenvalue weighted by molar-refractivity contribution is -0.384. The number of methoxy groups -OCH3 is 2. The van der Waals surface area contributed by atoms with Crippen LogP contribution in [-0.4, -0.2) is 48.1 Å². The number of nitro groups is 1. The quantitative estimate of drug-likeness (QED) is 0.301. The highest BCUT2D eigenvalue weighted by Crippen LogP contribution is 2.32. The maximum atomic E-state index is 11.1. The van der Waals surface area contributed by atoms with Crippen molar-refractivity contribution >= 4 is 39.5 Å². The molecule has 1 heterocycles. The molecule has 27 heavy (non-hydrogen) atoms. The molecule has 0 aliphatic heterocycles. The molecule has 0 aliphatic carbocycles. The Bertz CT molecular complexity index is 1000. The first-order valence-corrected chi connectivity index (χ1v) is 8.38. The van der Waals surface area contributed by atoms with Crippen LogP contribution in [0.4, 0.5) is 11.4 Å². The topological polar surface area (TPSA) is 93.5 Å². The summed E-state index contributed by atoms with van der Waals surface area (Å²) in [6.07, 6.45) is 0. The zero-order valence-electron chi connectivity index (χ0n) is 15.3. The smallest absolute Gasteiger partial charge is 0.271 e. The first-order valence-electron chi connectivity index (χ1n) is 7.98. The van der Waals surface area contributed by atoms with Gasteiger partial charge in [-0.15, -0.1) is 0 Å². The first-order chi connectivity index (χ1) is 12.8. The molecular weight excluding hydrogens is 368 g/mol. The number of hydrogen-bond donors (Lipinski definition) is 1. The molecular formula is C18H18N4O4S. The molecule has 1 aromatic heterocycles. The van der Waals surface area contributed by atoms with Crippen LogP contribution in [0.5, 0.6) is 11.5 Å². The second-order valence-corrected chi connectivity index (χ2v) is 6.40. The van der Waals surface area contributed by atoms with Crippen molar-refractivity contribution in [2.45, 2.75) is 0 Å². The number of nitrogens with one attached hydrogen (secondary N) is 1.